The molecule has 6 N–H and O–H groups in total. The van der Waals surface area contributed by atoms with Gasteiger partial charge in [-0.15, -0.1) is 0 Å². The Bertz CT molecular complexity index is 1950. The minimum Gasteiger partial charge on any atom is -0.478 e. The summed E-state index contributed by atoms with van der Waals surface area (Å²) in [6.45, 7) is 15.3. The van der Waals surface area contributed by atoms with Crippen molar-refractivity contribution in [3.63, 3.8) is 0 Å². The van der Waals surface area contributed by atoms with Crippen LogP contribution in [0.4, 0.5) is 0 Å². The van der Waals surface area contributed by atoms with E-state index >= 15 is 0 Å². The second-order valence-corrected chi connectivity index (χ2v) is 13.2. The Kier molecular flexibility index (Phi) is 79.7. The lowest BCUT2D eigenvalue weighted by Gasteiger charge is -1.92. The fraction of sp³-hybridized carbons (Fsp3) is 0.269. The number of carboxylic acids is 4. The van der Waals surface area contributed by atoms with Crippen molar-refractivity contribution in [3.05, 3.63) is 109 Å². The molecule has 0 aliphatic rings. The van der Waals surface area contributed by atoms with Gasteiger partial charge in [0.05, 0.1) is 0 Å². The summed E-state index contributed by atoms with van der Waals surface area (Å²) in [5, 5.41) is 48.0. The average molecular weight is 1140 g/mol. The van der Waals surface area contributed by atoms with Crippen LogP contribution < -0.4 is 0 Å². The topological polar surface area (TPSA) is 481 Å². The molecule has 442 valence electrons. The Morgan fingerprint density at radius 3 is 0.562 bits per heavy atom. The summed E-state index contributed by atoms with van der Waals surface area (Å²) in [4.78, 5) is 206. The van der Waals surface area contributed by atoms with Gasteiger partial charge in [0.15, 0.2) is 87.6 Å². The van der Waals surface area contributed by atoms with Crippen LogP contribution in [0.3, 0.4) is 0 Å². The number of hydrogen-bond acceptors (Lipinski definition) is 24. The highest BCUT2D eigenvalue weighted by atomic mass is 17.2. The number of carbonyl (C=O) groups excluding carboxylic acids is 16. The Labute approximate surface area is 458 Å². The van der Waals surface area contributed by atoms with Crippen LogP contribution >= 0.6 is 0 Å². The normalized spacial score (nSPS) is 9.56. The standard InChI is InChI=1S/C7H8O5.2C6H8O3.2C6H8O2.4C5H6O3.CH2O/c1-6(9)2-3-7(10)4-11-12-5-8;2*1-5(8)2-3-6(9)4-7;2*1-5(7)3-4-6(2)8;4*1-4(6)2-3-5(7)8;1-2/h2-3,5H,4H2,1H3;2*2-3,7H,4H2,1H3;2*3-4H,1-2H3;4*2-3H,1H3,(H,7,8);1H2/b3*3-2+;2*4-3+;4*3-2+;. The summed E-state index contributed by atoms with van der Waals surface area (Å²) in [5.74, 6) is -7.79. The first kappa shape index (κ1) is 92.5. The fourth-order valence-corrected chi connectivity index (χ4v) is 2.13. The summed E-state index contributed by atoms with van der Waals surface area (Å²) in [5.41, 5.74) is 0. The number of ketones is 14. The number of allylic oxidation sites excluding steroid dienone is 11. The van der Waals surface area contributed by atoms with Crippen molar-refractivity contribution >= 4 is 118 Å². The molecule has 28 heteroatoms. The van der Waals surface area contributed by atoms with Crippen LogP contribution in [-0.2, 0) is 106 Å². The van der Waals surface area contributed by atoms with E-state index < -0.39 is 54.4 Å². The highest BCUT2D eigenvalue weighted by Gasteiger charge is 1.97. The van der Waals surface area contributed by atoms with Crippen LogP contribution in [0.1, 0.15) is 76.2 Å². The first-order valence-corrected chi connectivity index (χ1v) is 21.2. The van der Waals surface area contributed by atoms with Gasteiger partial charge in [-0.05, 0) is 161 Å². The van der Waals surface area contributed by atoms with Gasteiger partial charge in [0.2, 0.25) is 0 Å². The first-order chi connectivity index (χ1) is 36.7. The minimum atomic E-state index is -1.10. The van der Waals surface area contributed by atoms with Crippen molar-refractivity contribution in [2.45, 2.75) is 76.2 Å². The van der Waals surface area contributed by atoms with Gasteiger partial charge >= 0.3 is 30.3 Å². The molecule has 0 saturated heterocycles. The summed E-state index contributed by atoms with van der Waals surface area (Å²) < 4.78 is 0. The van der Waals surface area contributed by atoms with Gasteiger partial charge in [-0.25, -0.2) is 19.2 Å². The molecule has 0 saturated carbocycles. The largest absolute Gasteiger partial charge is 0.478 e. The maximum Gasteiger partial charge on any atom is 0.330 e. The van der Waals surface area contributed by atoms with Gasteiger partial charge in [-0.3, -0.25) is 71.9 Å². The maximum absolute atomic E-state index is 10.7. The predicted octanol–water partition coefficient (Wildman–Crippen LogP) is 1.31. The molecule has 28 nitrogen and oxygen atoms in total. The van der Waals surface area contributed by atoms with Crippen LogP contribution in [0.15, 0.2) is 109 Å². The van der Waals surface area contributed by atoms with Crippen molar-refractivity contribution in [3.8, 4) is 0 Å². The van der Waals surface area contributed by atoms with Crippen LogP contribution in [0.25, 0.3) is 0 Å². The molecule has 0 aliphatic heterocycles. The number of aliphatic hydroxyl groups excluding tert-OH is 2. The zero-order valence-electron chi connectivity index (χ0n) is 45.5. The molecule has 0 bridgehead atoms. The van der Waals surface area contributed by atoms with Crippen LogP contribution in [0.5, 0.6) is 0 Å². The second kappa shape index (κ2) is 68.9. The summed E-state index contributed by atoms with van der Waals surface area (Å²) in [7, 11) is 0. The highest BCUT2D eigenvalue weighted by molar-refractivity contribution is 6.00. The van der Waals surface area contributed by atoms with E-state index in [1.54, 1.807) is 0 Å². The van der Waals surface area contributed by atoms with Crippen molar-refractivity contribution in [2.24, 2.45) is 0 Å². The second-order valence-electron chi connectivity index (χ2n) is 13.2. The molecule has 0 aromatic rings. The number of carbonyl (C=O) groups is 20. The summed E-state index contributed by atoms with van der Waals surface area (Å²) >= 11 is 0. The van der Waals surface area contributed by atoms with Gasteiger partial charge in [0.25, 0.3) is 0 Å². The monoisotopic (exact) mass is 1140 g/mol. The van der Waals surface area contributed by atoms with Crippen LogP contribution in [0.2, 0.25) is 0 Å². The number of hydrogen-bond donors (Lipinski definition) is 6. The van der Waals surface area contributed by atoms with Crippen molar-refractivity contribution < 1.29 is 136 Å². The van der Waals surface area contributed by atoms with E-state index in [1.165, 1.54) is 100 Å². The molecule has 0 spiro atoms. The van der Waals surface area contributed by atoms with E-state index in [9.17, 15) is 91.1 Å². The molecular weight excluding hydrogens is 1070 g/mol. The molecule has 0 aliphatic carbocycles. The molecule has 80 heavy (non-hydrogen) atoms. The number of aliphatic carboxylic acids is 4. The number of aliphatic hydroxyl groups is 2. The predicted molar refractivity (Wildman–Crippen MR) is 280 cm³/mol. The first-order valence-electron chi connectivity index (χ1n) is 21.2. The summed E-state index contributed by atoms with van der Waals surface area (Å²) in [6.07, 6.45) is 18.8. The quantitative estimate of drug-likeness (QED) is 0.0261. The summed E-state index contributed by atoms with van der Waals surface area (Å²) in [6, 6.07) is 0. The smallest absolute Gasteiger partial charge is 0.330 e. The van der Waals surface area contributed by atoms with Crippen molar-refractivity contribution in [1.82, 2.24) is 0 Å². The Balaban J connectivity index is -0.0000000860. The van der Waals surface area contributed by atoms with E-state index in [-0.39, 0.29) is 76.7 Å². The molecular formula is C52H66O28. The van der Waals surface area contributed by atoms with E-state index in [0.717, 1.165) is 85.1 Å². The van der Waals surface area contributed by atoms with E-state index in [4.69, 9.17) is 35.4 Å². The Hall–Kier alpha value is -10.1. The minimum absolute atomic E-state index is 0.0575. The molecule has 0 radical (unpaired) electrons. The zero-order valence-corrected chi connectivity index (χ0v) is 45.5. The third-order valence-electron chi connectivity index (χ3n) is 5.08. The molecule has 0 aromatic heterocycles. The zero-order chi connectivity index (χ0) is 65.4. The van der Waals surface area contributed by atoms with Gasteiger partial charge in [0, 0.05) is 24.3 Å². The highest BCUT2D eigenvalue weighted by Crippen LogP contribution is 1.83. The van der Waals surface area contributed by atoms with Gasteiger partial charge < -0.3 is 40.3 Å². The SMILES string of the molecule is C=O.CC(=O)/C=C/C(=O)CO.CC(=O)/C=C/C(=O)CO.CC(=O)/C=C/C(=O)COOC=O.CC(=O)/C=C/C(=O)O.CC(=O)/C=C/C(=O)O.CC(=O)/C=C/C(=O)O.CC(=O)/C=C/C(=O)O.CC(=O)/C=C/C(C)=O.CC(=O)/C=C/C(C)=O. The lowest BCUT2D eigenvalue weighted by molar-refractivity contribution is -0.254. The molecule has 0 fully saturated rings. The third kappa shape index (κ3) is 158. The molecule has 0 aromatic carbocycles. The molecule has 0 amide bonds. The fourth-order valence-electron chi connectivity index (χ4n) is 2.13. The van der Waals surface area contributed by atoms with E-state index in [0.29, 0.717) is 0 Å². The maximum atomic E-state index is 10.7. The Morgan fingerprint density at radius 2 is 0.438 bits per heavy atom. The molecule has 0 atom stereocenters. The number of rotatable bonds is 24. The van der Waals surface area contributed by atoms with Crippen molar-refractivity contribution in [1.29, 1.82) is 0 Å². The van der Waals surface area contributed by atoms with Gasteiger partial charge in [-0.1, -0.05) is 0 Å². The van der Waals surface area contributed by atoms with Gasteiger partial charge in [0.1, 0.15) is 20.0 Å². The van der Waals surface area contributed by atoms with E-state index in [1.807, 2.05) is 6.79 Å². The van der Waals surface area contributed by atoms with Crippen molar-refractivity contribution in [2.75, 3.05) is 19.8 Å². The average Bonchev–Trinajstić information content (AvgIpc) is 3.35. The Morgan fingerprint density at radius 1 is 0.287 bits per heavy atom. The lowest BCUT2D eigenvalue weighted by Crippen LogP contribution is -2.05. The third-order valence-corrected chi connectivity index (χ3v) is 5.08. The molecule has 0 rings (SSSR count). The molecule has 0 unspecified atom stereocenters. The van der Waals surface area contributed by atoms with E-state index in [2.05, 4.69) is 9.78 Å². The number of carboxylic acid groups (broad SMARTS) is 4. The van der Waals surface area contributed by atoms with Crippen LogP contribution in [-0.4, -0.2) is 169 Å². The molecule has 0 heterocycles. The lowest BCUT2D eigenvalue weighted by atomic mass is 10.3. The van der Waals surface area contributed by atoms with Crippen LogP contribution in [0, 0.1) is 0 Å². The van der Waals surface area contributed by atoms with Gasteiger partial charge in [-0.2, -0.15) is 4.89 Å².